The second kappa shape index (κ2) is 7.10. The fraction of sp³-hybridized carbons (Fsp3) is 0.250. The first kappa shape index (κ1) is 16.0. The van der Waals surface area contributed by atoms with Gasteiger partial charge in [-0.25, -0.2) is 4.98 Å². The third-order valence-electron chi connectivity index (χ3n) is 3.17. The van der Waals surface area contributed by atoms with Crippen molar-refractivity contribution in [3.63, 3.8) is 0 Å². The van der Waals surface area contributed by atoms with Gasteiger partial charge in [-0.05, 0) is 37.3 Å². The number of carbonyl (C=O) groups excluding carboxylic acids is 1. The van der Waals surface area contributed by atoms with E-state index in [4.69, 9.17) is 21.1 Å². The minimum Gasteiger partial charge on any atom is -0.486 e. The smallest absolute Gasteiger partial charge is 0.238 e. The maximum atomic E-state index is 12.2. The molecule has 0 saturated heterocycles. The zero-order chi connectivity index (χ0) is 16.2. The van der Waals surface area contributed by atoms with Gasteiger partial charge in [-0.2, -0.15) is 0 Å². The van der Waals surface area contributed by atoms with E-state index < -0.39 is 0 Å². The van der Waals surface area contributed by atoms with Crippen molar-refractivity contribution in [2.45, 2.75) is 17.1 Å². The highest BCUT2D eigenvalue weighted by Crippen LogP contribution is 2.35. The van der Waals surface area contributed by atoms with E-state index in [0.29, 0.717) is 29.8 Å². The molecular weight excluding hydrogens is 336 g/mol. The number of carbonyl (C=O) groups is 1. The number of halogens is 1. The molecule has 5 nitrogen and oxygen atoms in total. The average molecular weight is 351 g/mol. The molecule has 2 heterocycles. The third-order valence-corrected chi connectivity index (χ3v) is 4.49. The molecule has 3 rings (SSSR count). The fourth-order valence-electron chi connectivity index (χ4n) is 2.03. The monoisotopic (exact) mass is 350 g/mol. The van der Waals surface area contributed by atoms with Gasteiger partial charge in [0.15, 0.2) is 11.5 Å². The van der Waals surface area contributed by atoms with Gasteiger partial charge >= 0.3 is 0 Å². The van der Waals surface area contributed by atoms with Gasteiger partial charge in [0.25, 0.3) is 0 Å². The number of nitrogens with zero attached hydrogens (tertiary/aromatic N) is 1. The zero-order valence-electron chi connectivity index (χ0n) is 12.4. The first-order valence-electron chi connectivity index (χ1n) is 7.10. The summed E-state index contributed by atoms with van der Waals surface area (Å²) < 4.78 is 11.0. The van der Waals surface area contributed by atoms with Crippen molar-refractivity contribution in [2.24, 2.45) is 0 Å². The van der Waals surface area contributed by atoms with E-state index in [1.54, 1.807) is 12.1 Å². The standard InChI is InChI=1S/C16H15ClN2O3S/c1-10(16(20)19-15-5-2-11(17)9-18-15)23-12-3-4-13-14(8-12)22-7-6-21-13/h2-5,8-10H,6-7H2,1H3,(H,18,19,20)/t10-/m1/s1. The number of hydrogen-bond acceptors (Lipinski definition) is 5. The number of aromatic nitrogens is 1. The van der Waals surface area contributed by atoms with Crippen LogP contribution in [0.15, 0.2) is 41.4 Å². The summed E-state index contributed by atoms with van der Waals surface area (Å²) in [6, 6.07) is 9.03. The lowest BCUT2D eigenvalue weighted by atomic mass is 10.3. The van der Waals surface area contributed by atoms with Crippen molar-refractivity contribution in [1.29, 1.82) is 0 Å². The summed E-state index contributed by atoms with van der Waals surface area (Å²) in [5.74, 6) is 1.81. The quantitative estimate of drug-likeness (QED) is 0.853. The maximum absolute atomic E-state index is 12.2. The second-order valence-electron chi connectivity index (χ2n) is 4.92. The molecule has 1 aromatic heterocycles. The Morgan fingerprint density at radius 3 is 2.78 bits per heavy atom. The van der Waals surface area contributed by atoms with Crippen LogP contribution in [-0.4, -0.2) is 29.4 Å². The van der Waals surface area contributed by atoms with Gasteiger partial charge in [-0.3, -0.25) is 4.79 Å². The molecule has 120 valence electrons. The summed E-state index contributed by atoms with van der Waals surface area (Å²) in [6.07, 6.45) is 1.50. The average Bonchev–Trinajstić information content (AvgIpc) is 2.56. The van der Waals surface area contributed by atoms with Gasteiger partial charge in [0.05, 0.1) is 10.3 Å². The number of nitrogens with one attached hydrogen (secondary N) is 1. The van der Waals surface area contributed by atoms with Crippen LogP contribution in [0.2, 0.25) is 5.02 Å². The Morgan fingerprint density at radius 2 is 2.04 bits per heavy atom. The lowest BCUT2D eigenvalue weighted by molar-refractivity contribution is -0.115. The number of ether oxygens (including phenoxy) is 2. The Morgan fingerprint density at radius 1 is 1.26 bits per heavy atom. The topological polar surface area (TPSA) is 60.5 Å². The van der Waals surface area contributed by atoms with Gasteiger partial charge in [0, 0.05) is 11.1 Å². The van der Waals surface area contributed by atoms with Crippen LogP contribution in [0.25, 0.3) is 0 Å². The van der Waals surface area contributed by atoms with Gasteiger partial charge in [0.2, 0.25) is 5.91 Å². The molecule has 0 fully saturated rings. The Bertz CT molecular complexity index is 709. The van der Waals surface area contributed by atoms with E-state index in [1.165, 1.54) is 18.0 Å². The van der Waals surface area contributed by atoms with Crippen molar-refractivity contribution in [2.75, 3.05) is 18.5 Å². The molecular formula is C16H15ClN2O3S. The number of thioether (sulfide) groups is 1. The van der Waals surface area contributed by atoms with Crippen molar-refractivity contribution < 1.29 is 14.3 Å². The van der Waals surface area contributed by atoms with E-state index in [9.17, 15) is 4.79 Å². The van der Waals surface area contributed by atoms with Gasteiger partial charge in [-0.1, -0.05) is 11.6 Å². The third kappa shape index (κ3) is 4.09. The summed E-state index contributed by atoms with van der Waals surface area (Å²) in [4.78, 5) is 17.2. The molecule has 1 aromatic carbocycles. The van der Waals surface area contributed by atoms with Crippen molar-refractivity contribution in [3.05, 3.63) is 41.6 Å². The summed E-state index contributed by atoms with van der Waals surface area (Å²) in [6.45, 7) is 2.94. The van der Waals surface area contributed by atoms with E-state index in [0.717, 1.165) is 10.6 Å². The summed E-state index contributed by atoms with van der Waals surface area (Å²) in [7, 11) is 0. The van der Waals surface area contributed by atoms with Gasteiger partial charge in [-0.15, -0.1) is 11.8 Å². The van der Waals surface area contributed by atoms with Gasteiger partial charge < -0.3 is 14.8 Å². The predicted octanol–water partition coefficient (Wildman–Crippen LogP) is 3.63. The molecule has 0 saturated carbocycles. The Hall–Kier alpha value is -1.92. The predicted molar refractivity (Wildman–Crippen MR) is 90.6 cm³/mol. The molecule has 1 atom stereocenters. The van der Waals surface area contributed by atoms with Crippen LogP contribution in [0.5, 0.6) is 11.5 Å². The van der Waals surface area contributed by atoms with Gasteiger partial charge in [0.1, 0.15) is 19.0 Å². The maximum Gasteiger partial charge on any atom is 0.238 e. The van der Waals surface area contributed by atoms with Crippen LogP contribution in [0.1, 0.15) is 6.92 Å². The van der Waals surface area contributed by atoms with Crippen LogP contribution >= 0.6 is 23.4 Å². The molecule has 0 unspecified atom stereocenters. The summed E-state index contributed by atoms with van der Waals surface area (Å²) >= 11 is 7.22. The molecule has 1 aliphatic rings. The Balaban J connectivity index is 1.62. The minimum atomic E-state index is -0.282. The summed E-state index contributed by atoms with van der Waals surface area (Å²) in [5, 5.41) is 3.01. The SMILES string of the molecule is C[C@@H](Sc1ccc2c(c1)OCCO2)C(=O)Nc1ccc(Cl)cn1. The molecule has 1 amide bonds. The van der Waals surface area contributed by atoms with E-state index in [1.807, 2.05) is 25.1 Å². The number of amides is 1. The van der Waals surface area contributed by atoms with E-state index in [2.05, 4.69) is 10.3 Å². The lowest BCUT2D eigenvalue weighted by Gasteiger charge is -2.19. The molecule has 23 heavy (non-hydrogen) atoms. The van der Waals surface area contributed by atoms with Crippen LogP contribution in [0, 0.1) is 0 Å². The second-order valence-corrected chi connectivity index (χ2v) is 6.77. The lowest BCUT2D eigenvalue weighted by Crippen LogP contribution is -2.22. The molecule has 0 radical (unpaired) electrons. The normalized spacial score (nSPS) is 14.2. The number of fused-ring (bicyclic) bond motifs is 1. The molecule has 0 spiro atoms. The van der Waals surface area contributed by atoms with Crippen LogP contribution in [0.3, 0.4) is 0 Å². The van der Waals surface area contributed by atoms with Crippen molar-refractivity contribution in [3.8, 4) is 11.5 Å². The highest BCUT2D eigenvalue weighted by molar-refractivity contribution is 8.00. The first-order valence-corrected chi connectivity index (χ1v) is 8.36. The first-order chi connectivity index (χ1) is 11.1. The molecule has 1 N–H and O–H groups in total. The van der Waals surface area contributed by atoms with Crippen molar-refractivity contribution in [1.82, 2.24) is 4.98 Å². The van der Waals surface area contributed by atoms with Crippen molar-refractivity contribution >= 4 is 35.1 Å². The van der Waals surface area contributed by atoms with Crippen LogP contribution in [-0.2, 0) is 4.79 Å². The Kier molecular flexibility index (Phi) is 4.93. The number of rotatable bonds is 4. The number of hydrogen-bond donors (Lipinski definition) is 1. The number of benzene rings is 1. The number of anilines is 1. The number of pyridine rings is 1. The van der Waals surface area contributed by atoms with E-state index in [-0.39, 0.29) is 11.2 Å². The Labute approximate surface area is 143 Å². The minimum absolute atomic E-state index is 0.125. The highest BCUT2D eigenvalue weighted by atomic mass is 35.5. The summed E-state index contributed by atoms with van der Waals surface area (Å²) in [5.41, 5.74) is 0. The fourth-order valence-corrected chi connectivity index (χ4v) is 3.04. The molecule has 1 aliphatic heterocycles. The highest BCUT2D eigenvalue weighted by Gasteiger charge is 2.17. The largest absolute Gasteiger partial charge is 0.486 e. The molecule has 0 bridgehead atoms. The molecule has 7 heteroatoms. The van der Waals surface area contributed by atoms with Crippen LogP contribution in [0.4, 0.5) is 5.82 Å². The molecule has 0 aliphatic carbocycles. The van der Waals surface area contributed by atoms with Crippen LogP contribution < -0.4 is 14.8 Å². The van der Waals surface area contributed by atoms with E-state index >= 15 is 0 Å². The zero-order valence-corrected chi connectivity index (χ0v) is 14.0. The molecule has 2 aromatic rings.